The largest absolute Gasteiger partial charge is 0.315 e. The van der Waals surface area contributed by atoms with E-state index in [9.17, 15) is 0 Å². The Morgan fingerprint density at radius 3 is 1.87 bits per heavy atom. The smallest absolute Gasteiger partial charge is 0.0464 e. The molecule has 0 amide bonds. The normalized spacial score (nSPS) is 11.9. The highest BCUT2D eigenvalue weighted by Crippen LogP contribution is 2.32. The average Bonchev–Trinajstić information content (AvgIpc) is 2.79. The van der Waals surface area contributed by atoms with Gasteiger partial charge in [-0.3, -0.25) is 0 Å². The van der Waals surface area contributed by atoms with Crippen LogP contribution >= 0.6 is 0 Å². The zero-order valence-electron chi connectivity index (χ0n) is 17.8. The standard InChI is InChI=1S/C29H27N/c1-4-23(3)30(29-20-17-26-7-5-6-8-27(26)21-29)28-18-15-25(16-19-28)14-13-24-11-9-22(2)10-12-24/h4-21H,1-3H3/b14-13-,23-4+. The van der Waals surface area contributed by atoms with E-state index >= 15 is 0 Å². The number of hydrogen-bond acceptors (Lipinski definition) is 1. The van der Waals surface area contributed by atoms with Crippen LogP contribution in [-0.4, -0.2) is 0 Å². The average molecular weight is 390 g/mol. The van der Waals surface area contributed by atoms with E-state index in [1.165, 1.54) is 38.8 Å². The van der Waals surface area contributed by atoms with Gasteiger partial charge in [-0.2, -0.15) is 0 Å². The number of benzene rings is 4. The molecule has 0 spiro atoms. The summed E-state index contributed by atoms with van der Waals surface area (Å²) >= 11 is 0. The zero-order valence-corrected chi connectivity index (χ0v) is 17.8. The van der Waals surface area contributed by atoms with Crippen LogP contribution in [-0.2, 0) is 0 Å². The molecular formula is C29H27N. The lowest BCUT2D eigenvalue weighted by Crippen LogP contribution is -2.14. The van der Waals surface area contributed by atoms with Gasteiger partial charge >= 0.3 is 0 Å². The Kier molecular flexibility index (Phi) is 5.81. The van der Waals surface area contributed by atoms with Gasteiger partial charge in [-0.05, 0) is 66.9 Å². The van der Waals surface area contributed by atoms with Crippen LogP contribution in [0, 0.1) is 6.92 Å². The molecule has 1 heteroatoms. The summed E-state index contributed by atoms with van der Waals surface area (Å²) in [5.74, 6) is 0. The highest BCUT2D eigenvalue weighted by Gasteiger charge is 2.11. The molecule has 4 aromatic carbocycles. The van der Waals surface area contributed by atoms with E-state index in [1.54, 1.807) is 0 Å². The van der Waals surface area contributed by atoms with Gasteiger partial charge in [-0.1, -0.05) is 90.5 Å². The number of rotatable bonds is 5. The number of allylic oxidation sites excluding steroid dienone is 2. The molecule has 4 rings (SSSR count). The van der Waals surface area contributed by atoms with Crippen molar-refractivity contribution in [3.63, 3.8) is 0 Å². The van der Waals surface area contributed by atoms with E-state index in [0.717, 1.165) is 5.69 Å². The van der Waals surface area contributed by atoms with Gasteiger partial charge in [0.05, 0.1) is 0 Å². The third-order valence-electron chi connectivity index (χ3n) is 5.46. The number of fused-ring (bicyclic) bond motifs is 1. The molecule has 0 aliphatic rings. The second-order valence-corrected chi connectivity index (χ2v) is 7.63. The van der Waals surface area contributed by atoms with Gasteiger partial charge in [0, 0.05) is 17.1 Å². The van der Waals surface area contributed by atoms with E-state index in [2.05, 4.69) is 135 Å². The molecule has 0 heterocycles. The van der Waals surface area contributed by atoms with Crippen molar-refractivity contribution < 1.29 is 0 Å². The summed E-state index contributed by atoms with van der Waals surface area (Å²) < 4.78 is 0. The highest BCUT2D eigenvalue weighted by molar-refractivity contribution is 5.87. The van der Waals surface area contributed by atoms with Gasteiger partial charge in [0.1, 0.15) is 0 Å². The van der Waals surface area contributed by atoms with Gasteiger partial charge < -0.3 is 4.90 Å². The summed E-state index contributed by atoms with van der Waals surface area (Å²) in [6.07, 6.45) is 6.48. The van der Waals surface area contributed by atoms with Gasteiger partial charge in [0.25, 0.3) is 0 Å². The molecule has 0 saturated carbocycles. The second kappa shape index (κ2) is 8.84. The van der Waals surface area contributed by atoms with Crippen LogP contribution in [0.5, 0.6) is 0 Å². The minimum absolute atomic E-state index is 1.16. The topological polar surface area (TPSA) is 3.24 Å². The molecule has 148 valence electrons. The summed E-state index contributed by atoms with van der Waals surface area (Å²) in [7, 11) is 0. The van der Waals surface area contributed by atoms with Crippen LogP contribution in [0.3, 0.4) is 0 Å². The van der Waals surface area contributed by atoms with Gasteiger partial charge in [0.15, 0.2) is 0 Å². The SMILES string of the molecule is C/C=C(\C)N(c1ccc(/C=C\c2ccc(C)cc2)cc1)c1ccc2ccccc2c1. The second-order valence-electron chi connectivity index (χ2n) is 7.63. The summed E-state index contributed by atoms with van der Waals surface area (Å²) in [5.41, 5.74) is 7.22. The molecular weight excluding hydrogens is 362 g/mol. The van der Waals surface area contributed by atoms with E-state index in [4.69, 9.17) is 0 Å². The lowest BCUT2D eigenvalue weighted by molar-refractivity contribution is 1.15. The molecule has 0 fully saturated rings. The first-order valence-corrected chi connectivity index (χ1v) is 10.4. The van der Waals surface area contributed by atoms with Gasteiger partial charge in [-0.15, -0.1) is 0 Å². The van der Waals surface area contributed by atoms with Crippen molar-refractivity contribution >= 4 is 34.3 Å². The Labute approximate surface area is 179 Å². The van der Waals surface area contributed by atoms with Crippen LogP contribution in [0.15, 0.2) is 103 Å². The first-order chi connectivity index (χ1) is 14.6. The highest BCUT2D eigenvalue weighted by atomic mass is 15.1. The van der Waals surface area contributed by atoms with Crippen LogP contribution in [0.1, 0.15) is 30.5 Å². The summed E-state index contributed by atoms with van der Waals surface area (Å²) in [6, 6.07) is 32.5. The summed E-state index contributed by atoms with van der Waals surface area (Å²) in [4.78, 5) is 2.31. The lowest BCUT2D eigenvalue weighted by atomic mass is 10.1. The fraction of sp³-hybridized carbons (Fsp3) is 0.103. The Bertz CT molecular complexity index is 1200. The van der Waals surface area contributed by atoms with Crippen molar-refractivity contribution in [2.24, 2.45) is 0 Å². The van der Waals surface area contributed by atoms with Gasteiger partial charge in [0.2, 0.25) is 0 Å². The third-order valence-corrected chi connectivity index (χ3v) is 5.46. The monoisotopic (exact) mass is 389 g/mol. The van der Waals surface area contributed by atoms with Gasteiger partial charge in [-0.25, -0.2) is 0 Å². The Hall–Kier alpha value is -3.58. The first kappa shape index (κ1) is 19.7. The van der Waals surface area contributed by atoms with Crippen LogP contribution in [0.4, 0.5) is 11.4 Å². The molecule has 0 aromatic heterocycles. The summed E-state index contributed by atoms with van der Waals surface area (Å²) in [6.45, 7) is 6.35. The molecule has 0 aliphatic carbocycles. The van der Waals surface area contributed by atoms with Crippen molar-refractivity contribution in [3.8, 4) is 0 Å². The van der Waals surface area contributed by atoms with Crippen LogP contribution < -0.4 is 4.90 Å². The van der Waals surface area contributed by atoms with Crippen molar-refractivity contribution in [2.45, 2.75) is 20.8 Å². The molecule has 0 bridgehead atoms. The molecule has 0 atom stereocenters. The molecule has 0 saturated heterocycles. The maximum atomic E-state index is 2.31. The minimum Gasteiger partial charge on any atom is -0.315 e. The Morgan fingerprint density at radius 1 is 0.667 bits per heavy atom. The number of aryl methyl sites for hydroxylation is 1. The molecule has 1 nitrogen and oxygen atoms in total. The van der Waals surface area contributed by atoms with Crippen molar-refractivity contribution in [3.05, 3.63) is 119 Å². The molecule has 30 heavy (non-hydrogen) atoms. The molecule has 0 radical (unpaired) electrons. The van der Waals surface area contributed by atoms with Crippen molar-refractivity contribution in [2.75, 3.05) is 4.90 Å². The van der Waals surface area contributed by atoms with Crippen LogP contribution in [0.25, 0.3) is 22.9 Å². The van der Waals surface area contributed by atoms with E-state index in [0.29, 0.717) is 0 Å². The molecule has 4 aromatic rings. The van der Waals surface area contributed by atoms with Crippen LogP contribution in [0.2, 0.25) is 0 Å². The minimum atomic E-state index is 1.16. The maximum Gasteiger partial charge on any atom is 0.0464 e. The van der Waals surface area contributed by atoms with Crippen molar-refractivity contribution in [1.29, 1.82) is 0 Å². The maximum absolute atomic E-state index is 2.31. The first-order valence-electron chi connectivity index (χ1n) is 10.4. The molecule has 0 N–H and O–H groups in total. The number of nitrogens with zero attached hydrogens (tertiary/aromatic N) is 1. The van der Waals surface area contributed by atoms with E-state index in [1.807, 2.05) is 0 Å². The quantitative estimate of drug-likeness (QED) is 0.310. The fourth-order valence-corrected chi connectivity index (χ4v) is 3.61. The number of hydrogen-bond donors (Lipinski definition) is 0. The zero-order chi connectivity index (χ0) is 20.9. The molecule has 0 unspecified atom stereocenters. The lowest BCUT2D eigenvalue weighted by Gasteiger charge is -2.26. The Morgan fingerprint density at radius 2 is 1.23 bits per heavy atom. The molecule has 0 aliphatic heterocycles. The predicted octanol–water partition coefficient (Wildman–Crippen LogP) is 8.38. The third kappa shape index (κ3) is 4.36. The number of anilines is 2. The predicted molar refractivity (Wildman–Crippen MR) is 132 cm³/mol. The van der Waals surface area contributed by atoms with Crippen molar-refractivity contribution in [1.82, 2.24) is 0 Å². The Balaban J connectivity index is 1.63. The van der Waals surface area contributed by atoms with E-state index in [-0.39, 0.29) is 0 Å². The fourth-order valence-electron chi connectivity index (χ4n) is 3.61. The summed E-state index contributed by atoms with van der Waals surface area (Å²) in [5, 5.41) is 2.51. The van der Waals surface area contributed by atoms with E-state index < -0.39 is 0 Å².